The quantitative estimate of drug-likeness (QED) is 0.700. The fourth-order valence-electron chi connectivity index (χ4n) is 3.08. The summed E-state index contributed by atoms with van der Waals surface area (Å²) >= 11 is 4.07. The summed E-state index contributed by atoms with van der Waals surface area (Å²) in [6.07, 6.45) is 4.10. The molecular formula is C18H26N2O2S. The zero-order chi connectivity index (χ0) is 16.9. The van der Waals surface area contributed by atoms with Crippen molar-refractivity contribution < 1.29 is 9.59 Å². The number of nitrogens with one attached hydrogen (secondary N) is 2. The fraction of sp³-hybridized carbons (Fsp3) is 0.556. The first kappa shape index (κ1) is 17.9. The van der Waals surface area contributed by atoms with Crippen molar-refractivity contribution in [2.45, 2.75) is 46.0 Å². The summed E-state index contributed by atoms with van der Waals surface area (Å²) in [4.78, 5) is 24.5. The number of thiol groups is 1. The van der Waals surface area contributed by atoms with Crippen molar-refractivity contribution in [3.05, 3.63) is 29.3 Å². The molecule has 1 aliphatic carbocycles. The zero-order valence-corrected chi connectivity index (χ0v) is 14.8. The van der Waals surface area contributed by atoms with Gasteiger partial charge in [0, 0.05) is 18.7 Å². The number of aryl methyl sites for hydroxylation is 2. The number of rotatable bonds is 6. The van der Waals surface area contributed by atoms with Crippen LogP contribution in [-0.2, 0) is 9.59 Å². The molecule has 0 spiro atoms. The lowest BCUT2D eigenvalue weighted by atomic mass is 9.84. The largest absolute Gasteiger partial charge is 0.355 e. The molecule has 1 aromatic carbocycles. The second-order valence-electron chi connectivity index (χ2n) is 6.49. The highest BCUT2D eigenvalue weighted by atomic mass is 32.1. The van der Waals surface area contributed by atoms with Gasteiger partial charge < -0.3 is 10.6 Å². The number of anilines is 1. The molecule has 0 heterocycles. The van der Waals surface area contributed by atoms with Gasteiger partial charge >= 0.3 is 0 Å². The van der Waals surface area contributed by atoms with Crippen LogP contribution in [0.25, 0.3) is 0 Å². The summed E-state index contributed by atoms with van der Waals surface area (Å²) < 4.78 is 0. The van der Waals surface area contributed by atoms with Gasteiger partial charge in [0.1, 0.15) is 0 Å². The lowest BCUT2D eigenvalue weighted by Crippen LogP contribution is -2.44. The zero-order valence-electron chi connectivity index (χ0n) is 13.9. The summed E-state index contributed by atoms with van der Waals surface area (Å²) in [5.41, 5.74) is 2.71. The summed E-state index contributed by atoms with van der Waals surface area (Å²) in [5, 5.41) is 5.95. The lowest BCUT2D eigenvalue weighted by Gasteiger charge is -2.28. The maximum absolute atomic E-state index is 12.8. The van der Waals surface area contributed by atoms with Crippen LogP contribution in [0.5, 0.6) is 0 Å². The van der Waals surface area contributed by atoms with E-state index in [2.05, 4.69) is 30.2 Å². The SMILES string of the molecule is Cc1ccc(NC(=O)C2(CNC(=O)CCS)CCCC2)cc1C. The summed E-state index contributed by atoms with van der Waals surface area (Å²) in [6, 6.07) is 5.94. The molecule has 0 radical (unpaired) electrons. The normalized spacial score (nSPS) is 16.1. The maximum Gasteiger partial charge on any atom is 0.232 e. The van der Waals surface area contributed by atoms with Gasteiger partial charge in [0.2, 0.25) is 11.8 Å². The molecule has 0 aliphatic heterocycles. The number of benzene rings is 1. The van der Waals surface area contributed by atoms with Gasteiger partial charge in [-0.3, -0.25) is 9.59 Å². The van der Waals surface area contributed by atoms with E-state index in [1.54, 1.807) is 0 Å². The van der Waals surface area contributed by atoms with Crippen molar-refractivity contribution in [3.63, 3.8) is 0 Å². The molecule has 0 atom stereocenters. The van der Waals surface area contributed by atoms with Crippen LogP contribution in [-0.4, -0.2) is 24.1 Å². The molecular weight excluding hydrogens is 308 g/mol. The van der Waals surface area contributed by atoms with Gasteiger partial charge in [-0.2, -0.15) is 12.6 Å². The van der Waals surface area contributed by atoms with Gasteiger partial charge in [-0.1, -0.05) is 18.9 Å². The standard InChI is InChI=1S/C18H26N2O2S/c1-13-5-6-15(11-14(13)2)20-17(22)18(8-3-4-9-18)12-19-16(21)7-10-23/h5-6,11,23H,3-4,7-10,12H2,1-2H3,(H,19,21)(H,20,22). The lowest BCUT2D eigenvalue weighted by molar-refractivity contribution is -0.126. The number of amides is 2. The van der Waals surface area contributed by atoms with Crippen molar-refractivity contribution in [2.24, 2.45) is 5.41 Å². The number of carbonyl (C=O) groups is 2. The third kappa shape index (κ3) is 4.50. The molecule has 5 heteroatoms. The number of hydrogen-bond donors (Lipinski definition) is 3. The molecule has 0 bridgehead atoms. The van der Waals surface area contributed by atoms with Gasteiger partial charge in [-0.15, -0.1) is 0 Å². The van der Waals surface area contributed by atoms with Crippen molar-refractivity contribution in [1.29, 1.82) is 0 Å². The van der Waals surface area contributed by atoms with E-state index in [0.717, 1.165) is 36.9 Å². The molecule has 126 valence electrons. The Bertz CT molecular complexity index is 580. The minimum absolute atomic E-state index is 0.0180. The Balaban J connectivity index is 2.05. The molecule has 2 amide bonds. The van der Waals surface area contributed by atoms with Gasteiger partial charge in [0.15, 0.2) is 0 Å². The maximum atomic E-state index is 12.8. The van der Waals surface area contributed by atoms with Crippen LogP contribution in [0.2, 0.25) is 0 Å². The minimum Gasteiger partial charge on any atom is -0.355 e. The summed E-state index contributed by atoms with van der Waals surface area (Å²) in [6.45, 7) is 4.50. The molecule has 1 saturated carbocycles. The first-order chi connectivity index (χ1) is 11.0. The molecule has 0 saturated heterocycles. The van der Waals surface area contributed by atoms with E-state index in [-0.39, 0.29) is 11.8 Å². The topological polar surface area (TPSA) is 58.2 Å². The summed E-state index contributed by atoms with van der Waals surface area (Å²) in [5.74, 6) is 0.503. The van der Waals surface area contributed by atoms with Crippen LogP contribution in [0.1, 0.15) is 43.2 Å². The monoisotopic (exact) mass is 334 g/mol. The average molecular weight is 334 g/mol. The Morgan fingerprint density at radius 2 is 1.87 bits per heavy atom. The Kier molecular flexibility index (Phi) is 6.10. The Labute approximate surface area is 143 Å². The second kappa shape index (κ2) is 7.86. The summed E-state index contributed by atoms with van der Waals surface area (Å²) in [7, 11) is 0. The van der Waals surface area contributed by atoms with E-state index in [4.69, 9.17) is 0 Å². The first-order valence-electron chi connectivity index (χ1n) is 8.23. The molecule has 0 unspecified atom stereocenters. The highest BCUT2D eigenvalue weighted by Crippen LogP contribution is 2.38. The van der Waals surface area contributed by atoms with Crippen LogP contribution in [0.15, 0.2) is 18.2 Å². The Morgan fingerprint density at radius 1 is 1.17 bits per heavy atom. The van der Waals surface area contributed by atoms with Crippen molar-refractivity contribution in [2.75, 3.05) is 17.6 Å². The molecule has 2 rings (SSSR count). The molecule has 23 heavy (non-hydrogen) atoms. The third-order valence-electron chi connectivity index (χ3n) is 4.77. The van der Waals surface area contributed by atoms with Crippen LogP contribution >= 0.6 is 12.6 Å². The minimum atomic E-state index is -0.481. The van der Waals surface area contributed by atoms with Crippen molar-refractivity contribution in [3.8, 4) is 0 Å². The molecule has 4 nitrogen and oxygen atoms in total. The Hall–Kier alpha value is -1.49. The van der Waals surface area contributed by atoms with E-state index >= 15 is 0 Å². The van der Waals surface area contributed by atoms with Crippen LogP contribution < -0.4 is 10.6 Å². The highest BCUT2D eigenvalue weighted by molar-refractivity contribution is 7.80. The van der Waals surface area contributed by atoms with Crippen LogP contribution in [0, 0.1) is 19.3 Å². The van der Waals surface area contributed by atoms with Crippen LogP contribution in [0.4, 0.5) is 5.69 Å². The van der Waals surface area contributed by atoms with E-state index in [9.17, 15) is 9.59 Å². The average Bonchev–Trinajstić information content (AvgIpc) is 2.99. The van der Waals surface area contributed by atoms with Gasteiger partial charge in [0.25, 0.3) is 0 Å². The highest BCUT2D eigenvalue weighted by Gasteiger charge is 2.41. The molecule has 1 aliphatic rings. The van der Waals surface area contributed by atoms with E-state index in [1.165, 1.54) is 5.56 Å². The smallest absolute Gasteiger partial charge is 0.232 e. The van der Waals surface area contributed by atoms with Crippen LogP contribution in [0.3, 0.4) is 0 Å². The van der Waals surface area contributed by atoms with Crippen molar-refractivity contribution >= 4 is 30.1 Å². The molecule has 2 N–H and O–H groups in total. The number of hydrogen-bond acceptors (Lipinski definition) is 3. The van der Waals surface area contributed by atoms with E-state index in [1.807, 2.05) is 25.1 Å². The molecule has 0 aromatic heterocycles. The second-order valence-corrected chi connectivity index (χ2v) is 6.94. The fourth-order valence-corrected chi connectivity index (χ4v) is 3.28. The van der Waals surface area contributed by atoms with Gasteiger partial charge in [-0.05, 0) is 55.7 Å². The van der Waals surface area contributed by atoms with E-state index < -0.39 is 5.41 Å². The predicted octanol–water partition coefficient (Wildman–Crippen LogP) is 3.24. The third-order valence-corrected chi connectivity index (χ3v) is 4.99. The molecule has 1 fully saturated rings. The molecule has 1 aromatic rings. The van der Waals surface area contributed by atoms with Crippen molar-refractivity contribution in [1.82, 2.24) is 5.32 Å². The van der Waals surface area contributed by atoms with Gasteiger partial charge in [-0.25, -0.2) is 0 Å². The number of carbonyl (C=O) groups excluding carboxylic acids is 2. The Morgan fingerprint density at radius 3 is 2.48 bits per heavy atom. The van der Waals surface area contributed by atoms with Gasteiger partial charge in [0.05, 0.1) is 5.41 Å². The predicted molar refractivity (Wildman–Crippen MR) is 96.9 cm³/mol. The van der Waals surface area contributed by atoms with E-state index in [0.29, 0.717) is 18.7 Å². The first-order valence-corrected chi connectivity index (χ1v) is 8.86.